The van der Waals surface area contributed by atoms with Crippen LogP contribution in [-0.4, -0.2) is 116 Å². The average molecular weight is 662 g/mol. The topological polar surface area (TPSA) is 261 Å². The zero-order valence-electron chi connectivity index (χ0n) is 26.0. The Morgan fingerprint density at radius 2 is 0.935 bits per heavy atom. The van der Waals surface area contributed by atoms with Crippen LogP contribution in [0.4, 0.5) is 0 Å². The van der Waals surface area contributed by atoms with Crippen LogP contribution in [0.15, 0.2) is 5.11 Å². The molecule has 20 heteroatoms. The van der Waals surface area contributed by atoms with Crippen LogP contribution >= 0.6 is 0 Å². The molecule has 2 aliphatic heterocycles. The van der Waals surface area contributed by atoms with Gasteiger partial charge in [-0.3, -0.25) is 33.6 Å². The van der Waals surface area contributed by atoms with Gasteiger partial charge >= 0.3 is 41.8 Å². The number of ether oxygens (including phenoxy) is 10. The molecule has 0 aliphatic carbocycles. The zero-order chi connectivity index (χ0) is 34.7. The van der Waals surface area contributed by atoms with Crippen molar-refractivity contribution < 1.29 is 80.9 Å². The number of carbonyl (C=O) groups is 7. The zero-order valence-corrected chi connectivity index (χ0v) is 26.0. The quantitative estimate of drug-likeness (QED) is 0.0870. The molecule has 2 heterocycles. The summed E-state index contributed by atoms with van der Waals surface area (Å²) in [7, 11) is 0. The van der Waals surface area contributed by atoms with Gasteiger partial charge in [-0.05, 0) is 5.53 Å². The Hall–Kier alpha value is -4.52. The Morgan fingerprint density at radius 3 is 1.35 bits per heavy atom. The minimum atomic E-state index is -1.84. The predicted octanol–water partition coefficient (Wildman–Crippen LogP) is -0.0836. The summed E-state index contributed by atoms with van der Waals surface area (Å²) >= 11 is 0. The van der Waals surface area contributed by atoms with E-state index in [9.17, 15) is 39.1 Å². The van der Waals surface area contributed by atoms with Crippen LogP contribution in [0.25, 0.3) is 10.4 Å². The molecule has 0 unspecified atom stereocenters. The fourth-order valence-electron chi connectivity index (χ4n) is 4.61. The lowest BCUT2D eigenvalue weighted by Crippen LogP contribution is -2.66. The van der Waals surface area contributed by atoms with Gasteiger partial charge in [0.1, 0.15) is 37.6 Å². The monoisotopic (exact) mass is 661 g/mol. The van der Waals surface area contributed by atoms with Crippen LogP contribution in [0.3, 0.4) is 0 Å². The second kappa shape index (κ2) is 17.2. The number of esters is 7. The number of carbonyl (C=O) groups excluding carboxylic acids is 7. The first-order chi connectivity index (χ1) is 21.5. The van der Waals surface area contributed by atoms with E-state index >= 15 is 0 Å². The van der Waals surface area contributed by atoms with Crippen molar-refractivity contribution in [2.75, 3.05) is 13.2 Å². The van der Waals surface area contributed by atoms with Crippen molar-refractivity contribution in [1.29, 1.82) is 0 Å². The summed E-state index contributed by atoms with van der Waals surface area (Å²) in [5.41, 5.74) is 9.37. The molecule has 0 amide bonds. The SMILES string of the molecule is CC(=O)OC[C@H]1O[C@@H](O[C@@H]2[C@@H](N=[N+]=[N-])[C@@H](OC(C)=O)O[C@H](COC(C)=O)[C@@H]2OC(C)=O)[C@H](OC(C)=O)[C@@H](OC(C)=O)[C@H]1OC(C)=O. The number of azide groups is 1. The van der Waals surface area contributed by atoms with Gasteiger partial charge in [0, 0.05) is 53.4 Å². The normalized spacial score (nSPS) is 30.3. The van der Waals surface area contributed by atoms with Gasteiger partial charge in [0.25, 0.3) is 0 Å². The summed E-state index contributed by atoms with van der Waals surface area (Å²) in [5, 5.41) is 3.61. The summed E-state index contributed by atoms with van der Waals surface area (Å²) in [5.74, 6) is -6.07. The maximum absolute atomic E-state index is 12.2. The second-order valence-electron chi connectivity index (χ2n) is 9.89. The van der Waals surface area contributed by atoms with E-state index in [-0.39, 0.29) is 0 Å². The van der Waals surface area contributed by atoms with Gasteiger partial charge in [0.15, 0.2) is 30.7 Å². The minimum absolute atomic E-state index is 0.577. The van der Waals surface area contributed by atoms with Crippen LogP contribution in [0, 0.1) is 0 Å². The molecule has 0 saturated carbocycles. The highest BCUT2D eigenvalue weighted by Crippen LogP contribution is 2.35. The standard InChI is InChI=1S/C26H35N3O17/c1-10(30)37-8-17-20(39-12(3)32)22(19(28-29-27)25(44-17)43-16(7)36)46-26-24(42-15(6)35)23(41-14(5)34)21(40-13(4)33)18(45-26)9-38-11(2)31/h17-26H,8-9H2,1-7H3/t17-,18-,19-,20+,21+,22-,23+,24-,25+,26+/m1/s1. The number of rotatable bonds is 12. The molecule has 0 radical (unpaired) electrons. The van der Waals surface area contributed by atoms with E-state index < -0.39 is 116 Å². The molecule has 0 spiro atoms. The van der Waals surface area contributed by atoms with E-state index in [1.165, 1.54) is 0 Å². The van der Waals surface area contributed by atoms with E-state index in [4.69, 9.17) is 47.4 Å². The van der Waals surface area contributed by atoms with Crippen LogP contribution in [0.1, 0.15) is 48.5 Å². The first-order valence-corrected chi connectivity index (χ1v) is 13.7. The highest BCUT2D eigenvalue weighted by molar-refractivity contribution is 5.69. The fourth-order valence-corrected chi connectivity index (χ4v) is 4.61. The Labute approximate surface area is 261 Å². The van der Waals surface area contributed by atoms with E-state index in [2.05, 4.69) is 10.0 Å². The summed E-state index contributed by atoms with van der Waals surface area (Å²) < 4.78 is 54.6. The van der Waals surface area contributed by atoms with E-state index in [0.717, 1.165) is 48.5 Å². The van der Waals surface area contributed by atoms with Crippen LogP contribution in [0.2, 0.25) is 0 Å². The van der Waals surface area contributed by atoms with Gasteiger partial charge in [-0.25, -0.2) is 0 Å². The lowest BCUT2D eigenvalue weighted by Gasteiger charge is -2.48. The summed E-state index contributed by atoms with van der Waals surface area (Å²) in [6.45, 7) is 6.08. The molecule has 10 atom stereocenters. The van der Waals surface area contributed by atoms with Crippen LogP contribution in [0.5, 0.6) is 0 Å². The smallest absolute Gasteiger partial charge is 0.304 e. The van der Waals surface area contributed by atoms with Crippen LogP contribution in [-0.2, 0) is 80.9 Å². The van der Waals surface area contributed by atoms with Gasteiger partial charge in [-0.15, -0.1) is 0 Å². The maximum Gasteiger partial charge on any atom is 0.304 e. The minimum Gasteiger partial charge on any atom is -0.463 e. The molecule has 2 saturated heterocycles. The van der Waals surface area contributed by atoms with Gasteiger partial charge in [-0.1, -0.05) is 5.11 Å². The number of hydrogen-bond donors (Lipinski definition) is 0. The molecule has 2 aliphatic rings. The lowest BCUT2D eigenvalue weighted by atomic mass is 9.95. The van der Waals surface area contributed by atoms with Crippen molar-refractivity contribution in [1.82, 2.24) is 0 Å². The highest BCUT2D eigenvalue weighted by atomic mass is 16.8. The van der Waals surface area contributed by atoms with Crippen LogP contribution < -0.4 is 0 Å². The van der Waals surface area contributed by atoms with Crippen molar-refractivity contribution in [2.45, 2.75) is 110 Å². The Bertz CT molecular complexity index is 1220. The molecule has 46 heavy (non-hydrogen) atoms. The van der Waals surface area contributed by atoms with Crippen molar-refractivity contribution >= 4 is 41.8 Å². The van der Waals surface area contributed by atoms with Crippen molar-refractivity contribution in [3.05, 3.63) is 10.4 Å². The largest absolute Gasteiger partial charge is 0.463 e. The fraction of sp³-hybridized carbons (Fsp3) is 0.731. The molecular weight excluding hydrogens is 626 g/mol. The Kier molecular flexibility index (Phi) is 14.1. The third kappa shape index (κ3) is 11.1. The van der Waals surface area contributed by atoms with Crippen molar-refractivity contribution in [3.63, 3.8) is 0 Å². The molecule has 0 aromatic carbocycles. The molecule has 2 rings (SSSR count). The van der Waals surface area contributed by atoms with E-state index in [1.807, 2.05) is 0 Å². The second-order valence-corrected chi connectivity index (χ2v) is 9.89. The molecule has 0 aromatic heterocycles. The molecule has 0 N–H and O–H groups in total. The van der Waals surface area contributed by atoms with E-state index in [1.54, 1.807) is 0 Å². The molecular formula is C26H35N3O17. The first-order valence-electron chi connectivity index (χ1n) is 13.7. The van der Waals surface area contributed by atoms with Gasteiger partial charge < -0.3 is 47.4 Å². The molecule has 2 fully saturated rings. The van der Waals surface area contributed by atoms with Gasteiger partial charge in [0.05, 0.1) is 0 Å². The summed E-state index contributed by atoms with van der Waals surface area (Å²) in [6.07, 6.45) is -14.5. The average Bonchev–Trinajstić information content (AvgIpc) is 2.91. The summed E-state index contributed by atoms with van der Waals surface area (Å²) in [4.78, 5) is 86.6. The summed E-state index contributed by atoms with van der Waals surface area (Å²) in [6, 6.07) is -1.64. The van der Waals surface area contributed by atoms with Gasteiger partial charge in [0.2, 0.25) is 6.29 Å². The molecule has 20 nitrogen and oxygen atoms in total. The molecule has 0 aromatic rings. The van der Waals surface area contributed by atoms with Crippen molar-refractivity contribution in [3.8, 4) is 0 Å². The third-order valence-electron chi connectivity index (χ3n) is 6.07. The Morgan fingerprint density at radius 1 is 0.543 bits per heavy atom. The lowest BCUT2D eigenvalue weighted by molar-refractivity contribution is -0.343. The highest BCUT2D eigenvalue weighted by Gasteiger charge is 2.57. The van der Waals surface area contributed by atoms with Crippen molar-refractivity contribution in [2.24, 2.45) is 5.11 Å². The number of nitrogens with zero attached hydrogens (tertiary/aromatic N) is 3. The number of hydrogen-bond acceptors (Lipinski definition) is 18. The van der Waals surface area contributed by atoms with Gasteiger partial charge in [-0.2, -0.15) is 0 Å². The van der Waals surface area contributed by atoms with E-state index in [0.29, 0.717) is 0 Å². The molecule has 256 valence electrons. The maximum atomic E-state index is 12.2. The molecule has 0 bridgehead atoms. The Balaban J connectivity index is 2.74. The predicted molar refractivity (Wildman–Crippen MR) is 142 cm³/mol. The third-order valence-corrected chi connectivity index (χ3v) is 6.07. The first kappa shape index (κ1) is 37.7.